The number of aryl methyl sites for hydroxylation is 1. The maximum absolute atomic E-state index is 14.5. The molecule has 214 valence electrons. The van der Waals surface area contributed by atoms with E-state index >= 15 is 0 Å². The Morgan fingerprint density at radius 2 is 1.05 bits per heavy atom. The fourth-order valence-corrected chi connectivity index (χ4v) is 8.65. The summed E-state index contributed by atoms with van der Waals surface area (Å²) >= 11 is 0. The van der Waals surface area contributed by atoms with E-state index in [0.29, 0.717) is 5.92 Å². The zero-order valence-corrected chi connectivity index (χ0v) is 25.1. The number of benzene rings is 2. The molecule has 0 atom stereocenters. The molecule has 0 radical (unpaired) electrons. The molecule has 2 aromatic carbocycles. The normalized spacial score (nSPS) is 29.8. The third kappa shape index (κ3) is 7.56. The van der Waals surface area contributed by atoms with Crippen LogP contribution in [0.3, 0.4) is 0 Å². The average Bonchev–Trinajstić information content (AvgIpc) is 2.99. The number of hydrogen-bond acceptors (Lipinski definition) is 0. The van der Waals surface area contributed by atoms with Crippen molar-refractivity contribution < 1.29 is 4.39 Å². The summed E-state index contributed by atoms with van der Waals surface area (Å²) in [7, 11) is 0. The lowest BCUT2D eigenvalue weighted by molar-refractivity contribution is 0.177. The van der Waals surface area contributed by atoms with E-state index in [1.165, 1.54) is 108 Å². The summed E-state index contributed by atoms with van der Waals surface area (Å²) in [5.74, 6) is 4.97. The van der Waals surface area contributed by atoms with Crippen molar-refractivity contribution in [2.24, 2.45) is 17.8 Å². The van der Waals surface area contributed by atoms with Gasteiger partial charge in [-0.2, -0.15) is 0 Å². The maximum Gasteiger partial charge on any atom is 0.126 e. The van der Waals surface area contributed by atoms with Crippen LogP contribution >= 0.6 is 0 Å². The highest BCUT2D eigenvalue weighted by molar-refractivity contribution is 5.29. The van der Waals surface area contributed by atoms with Gasteiger partial charge in [-0.3, -0.25) is 0 Å². The number of rotatable bonds is 10. The van der Waals surface area contributed by atoms with Crippen LogP contribution in [0.25, 0.3) is 0 Å². The van der Waals surface area contributed by atoms with Gasteiger partial charge in [-0.05, 0) is 147 Å². The first kappa shape index (κ1) is 28.9. The molecule has 3 aliphatic rings. The van der Waals surface area contributed by atoms with Crippen molar-refractivity contribution in [2.75, 3.05) is 0 Å². The topological polar surface area (TPSA) is 0 Å². The molecule has 0 N–H and O–H groups in total. The van der Waals surface area contributed by atoms with Crippen molar-refractivity contribution in [3.05, 3.63) is 70.5 Å². The molecule has 0 nitrogen and oxygen atoms in total. The first-order chi connectivity index (χ1) is 19.1. The Bertz CT molecular complexity index is 982. The highest BCUT2D eigenvalue weighted by atomic mass is 19.1. The maximum atomic E-state index is 14.5. The van der Waals surface area contributed by atoms with Crippen molar-refractivity contribution in [3.63, 3.8) is 0 Å². The molecule has 2 aromatic rings. The third-order valence-corrected chi connectivity index (χ3v) is 11.2. The summed E-state index contributed by atoms with van der Waals surface area (Å²) in [4.78, 5) is 0. The third-order valence-electron chi connectivity index (χ3n) is 11.2. The Morgan fingerprint density at radius 1 is 0.564 bits per heavy atom. The molecule has 3 saturated carbocycles. The molecule has 0 bridgehead atoms. The highest BCUT2D eigenvalue weighted by Crippen LogP contribution is 2.46. The Hall–Kier alpha value is -1.63. The number of hydrogen-bond donors (Lipinski definition) is 0. The molecule has 5 rings (SSSR count). The molecule has 0 spiro atoms. The van der Waals surface area contributed by atoms with Crippen LogP contribution in [0.2, 0.25) is 0 Å². The fourth-order valence-electron chi connectivity index (χ4n) is 8.65. The van der Waals surface area contributed by atoms with E-state index in [9.17, 15) is 4.39 Å². The van der Waals surface area contributed by atoms with Gasteiger partial charge in [0.05, 0.1) is 0 Å². The minimum Gasteiger partial charge on any atom is -0.207 e. The molecule has 3 fully saturated rings. The predicted octanol–water partition coefficient (Wildman–Crippen LogP) is 11.9. The van der Waals surface area contributed by atoms with Crippen LogP contribution < -0.4 is 0 Å². The molecule has 0 saturated heterocycles. The molecule has 0 heterocycles. The van der Waals surface area contributed by atoms with Crippen LogP contribution in [0.1, 0.15) is 163 Å². The Balaban J connectivity index is 1.05. The minimum absolute atomic E-state index is 0.0213. The highest BCUT2D eigenvalue weighted by Gasteiger charge is 2.32. The van der Waals surface area contributed by atoms with E-state index in [2.05, 4.69) is 44.2 Å². The van der Waals surface area contributed by atoms with Gasteiger partial charge < -0.3 is 0 Å². The number of halogens is 1. The van der Waals surface area contributed by atoms with Crippen molar-refractivity contribution in [1.82, 2.24) is 0 Å². The standard InChI is InChI=1S/C38H55F/c1-3-5-6-8-28-9-11-29(12-10-28)30-13-15-31(16-14-30)32-17-19-33(20-18-32)34-21-23-35(24-22-34)37-26-25-36(7-4-2)38(39)27-37/h13-16,25-29,32-35H,3-12,17-24H2,1-2H3. The molecular formula is C38H55F. The largest absolute Gasteiger partial charge is 0.207 e. The van der Waals surface area contributed by atoms with Crippen molar-refractivity contribution in [1.29, 1.82) is 0 Å². The lowest BCUT2D eigenvalue weighted by atomic mass is 9.67. The Kier molecular flexibility index (Phi) is 10.6. The smallest absolute Gasteiger partial charge is 0.126 e. The van der Waals surface area contributed by atoms with Gasteiger partial charge in [0.25, 0.3) is 0 Å². The summed E-state index contributed by atoms with van der Waals surface area (Å²) in [5.41, 5.74) is 5.35. The van der Waals surface area contributed by atoms with Gasteiger partial charge in [0.15, 0.2) is 0 Å². The van der Waals surface area contributed by atoms with Crippen LogP contribution in [-0.2, 0) is 6.42 Å². The predicted molar refractivity (Wildman–Crippen MR) is 165 cm³/mol. The summed E-state index contributed by atoms with van der Waals surface area (Å²) in [5, 5.41) is 0. The Morgan fingerprint density at radius 3 is 1.54 bits per heavy atom. The van der Waals surface area contributed by atoms with Crippen LogP contribution in [0.5, 0.6) is 0 Å². The molecular weight excluding hydrogens is 475 g/mol. The van der Waals surface area contributed by atoms with Gasteiger partial charge in [0.2, 0.25) is 0 Å². The Labute approximate surface area is 239 Å². The van der Waals surface area contributed by atoms with E-state index < -0.39 is 0 Å². The molecule has 0 unspecified atom stereocenters. The number of unbranched alkanes of at least 4 members (excludes halogenated alkanes) is 2. The van der Waals surface area contributed by atoms with Crippen molar-refractivity contribution in [3.8, 4) is 0 Å². The molecule has 0 aromatic heterocycles. The SMILES string of the molecule is CCCCCC1CCC(c2ccc(C3CCC(C4CCC(c5ccc(CCC)c(F)c5)CC4)CC3)cc2)CC1. The van der Waals surface area contributed by atoms with Crippen molar-refractivity contribution in [2.45, 2.75) is 147 Å². The van der Waals surface area contributed by atoms with Crippen LogP contribution in [0.15, 0.2) is 42.5 Å². The van der Waals surface area contributed by atoms with Gasteiger partial charge in [-0.25, -0.2) is 4.39 Å². The summed E-state index contributed by atoms with van der Waals surface area (Å²) in [6.07, 6.45) is 24.0. The van der Waals surface area contributed by atoms with E-state index in [-0.39, 0.29) is 5.82 Å². The summed E-state index contributed by atoms with van der Waals surface area (Å²) in [6.45, 7) is 4.44. The second-order valence-corrected chi connectivity index (χ2v) is 13.7. The van der Waals surface area contributed by atoms with Crippen molar-refractivity contribution >= 4 is 0 Å². The lowest BCUT2D eigenvalue weighted by Gasteiger charge is -2.38. The minimum atomic E-state index is 0.0213. The van der Waals surface area contributed by atoms with Gasteiger partial charge in [0.1, 0.15) is 5.82 Å². The van der Waals surface area contributed by atoms with Gasteiger partial charge in [0, 0.05) is 0 Å². The van der Waals surface area contributed by atoms with E-state index in [1.807, 2.05) is 12.1 Å². The molecule has 0 amide bonds. The monoisotopic (exact) mass is 530 g/mol. The van der Waals surface area contributed by atoms with Gasteiger partial charge >= 0.3 is 0 Å². The van der Waals surface area contributed by atoms with Crippen LogP contribution in [0, 0.1) is 23.6 Å². The first-order valence-corrected chi connectivity index (χ1v) is 17.0. The zero-order chi connectivity index (χ0) is 27.0. The quantitative estimate of drug-likeness (QED) is 0.268. The molecule has 1 heteroatoms. The van der Waals surface area contributed by atoms with Crippen LogP contribution in [-0.4, -0.2) is 0 Å². The van der Waals surface area contributed by atoms with Gasteiger partial charge in [-0.15, -0.1) is 0 Å². The zero-order valence-electron chi connectivity index (χ0n) is 25.1. The lowest BCUT2D eigenvalue weighted by Crippen LogP contribution is -2.25. The van der Waals surface area contributed by atoms with E-state index in [0.717, 1.165) is 48.0 Å². The first-order valence-electron chi connectivity index (χ1n) is 17.0. The second-order valence-electron chi connectivity index (χ2n) is 13.7. The van der Waals surface area contributed by atoms with Crippen LogP contribution in [0.4, 0.5) is 4.39 Å². The van der Waals surface area contributed by atoms with Gasteiger partial charge in [-0.1, -0.05) is 82.3 Å². The summed E-state index contributed by atoms with van der Waals surface area (Å²) in [6, 6.07) is 16.1. The second kappa shape index (κ2) is 14.3. The van der Waals surface area contributed by atoms with E-state index in [1.54, 1.807) is 11.1 Å². The fraction of sp³-hybridized carbons (Fsp3) is 0.684. The van der Waals surface area contributed by atoms with E-state index in [4.69, 9.17) is 0 Å². The molecule has 39 heavy (non-hydrogen) atoms. The molecule has 0 aliphatic heterocycles. The average molecular weight is 531 g/mol. The summed E-state index contributed by atoms with van der Waals surface area (Å²) < 4.78 is 14.5. The molecule has 3 aliphatic carbocycles.